The van der Waals surface area contributed by atoms with Crippen molar-refractivity contribution in [2.45, 2.75) is 12.0 Å². The number of benzene rings is 1. The molecular weight excluding hydrogens is 270 g/mol. The van der Waals surface area contributed by atoms with Gasteiger partial charge in [0, 0.05) is 6.42 Å². The summed E-state index contributed by atoms with van der Waals surface area (Å²) in [7, 11) is 0.889. The molecule has 0 aliphatic rings. The Hall–Kier alpha value is -2.61. The molecule has 1 aromatic carbocycles. The summed E-state index contributed by atoms with van der Waals surface area (Å²) in [6.45, 7) is 0. The zero-order valence-electron chi connectivity index (χ0n) is 10.5. The molecule has 0 atom stereocenters. The maximum Gasteiger partial charge on any atom is 0.433 e. The van der Waals surface area contributed by atoms with Crippen LogP contribution in [0, 0.1) is 0 Å². The van der Waals surface area contributed by atoms with Crippen LogP contribution < -0.4 is 0 Å². The van der Waals surface area contributed by atoms with E-state index in [0.29, 0.717) is 5.56 Å². The lowest BCUT2D eigenvalue weighted by molar-refractivity contribution is -0.205. The number of aliphatic carboxylic acids is 2. The highest BCUT2D eigenvalue weighted by atomic mass is 16.7. The van der Waals surface area contributed by atoms with Gasteiger partial charge < -0.3 is 15.3 Å². The van der Waals surface area contributed by atoms with Crippen LogP contribution in [0.15, 0.2) is 30.3 Å². The van der Waals surface area contributed by atoms with Gasteiger partial charge >= 0.3 is 18.0 Å². The molecule has 0 saturated heterocycles. The van der Waals surface area contributed by atoms with Gasteiger partial charge in [0.15, 0.2) is 0 Å². The lowest BCUT2D eigenvalue weighted by Crippen LogP contribution is -2.62. The van der Waals surface area contributed by atoms with Crippen molar-refractivity contribution in [1.29, 1.82) is 0 Å². The van der Waals surface area contributed by atoms with Crippen LogP contribution in [0.4, 0.5) is 4.79 Å². The molecule has 0 saturated carbocycles. The molecule has 108 valence electrons. The monoisotopic (exact) mass is 283 g/mol. The SMILES string of the molecule is CON(C(=O)O)C(Cc1ccccc1)(C(=O)O)C(=O)O. The minimum atomic E-state index is -2.76. The van der Waals surface area contributed by atoms with Crippen molar-refractivity contribution in [2.75, 3.05) is 7.11 Å². The number of amides is 1. The van der Waals surface area contributed by atoms with E-state index in [0.717, 1.165) is 7.11 Å². The number of rotatable bonds is 6. The van der Waals surface area contributed by atoms with Crippen molar-refractivity contribution in [3.05, 3.63) is 35.9 Å². The van der Waals surface area contributed by atoms with Crippen molar-refractivity contribution in [2.24, 2.45) is 0 Å². The molecule has 0 heterocycles. The topological polar surface area (TPSA) is 124 Å². The van der Waals surface area contributed by atoms with Gasteiger partial charge in [0.1, 0.15) is 0 Å². The van der Waals surface area contributed by atoms with E-state index in [1.165, 1.54) is 12.1 Å². The van der Waals surface area contributed by atoms with Gasteiger partial charge in [-0.15, -0.1) is 0 Å². The van der Waals surface area contributed by atoms with E-state index >= 15 is 0 Å². The highest BCUT2D eigenvalue weighted by Gasteiger charge is 2.55. The van der Waals surface area contributed by atoms with Gasteiger partial charge in [0.05, 0.1) is 7.11 Å². The maximum absolute atomic E-state index is 11.4. The first-order valence-electron chi connectivity index (χ1n) is 5.44. The number of carboxylic acids is 2. The van der Waals surface area contributed by atoms with Gasteiger partial charge in [-0.1, -0.05) is 30.3 Å². The summed E-state index contributed by atoms with van der Waals surface area (Å²) in [4.78, 5) is 38.3. The van der Waals surface area contributed by atoms with E-state index in [-0.39, 0.29) is 5.06 Å². The van der Waals surface area contributed by atoms with Crippen molar-refractivity contribution < 1.29 is 34.5 Å². The lowest BCUT2D eigenvalue weighted by atomic mass is 9.90. The van der Waals surface area contributed by atoms with Crippen LogP contribution in [-0.2, 0) is 20.8 Å². The quantitative estimate of drug-likeness (QED) is 0.517. The number of hydroxylamine groups is 2. The first-order chi connectivity index (χ1) is 9.36. The standard InChI is InChI=1S/C12H13NO7/c1-20-13(11(18)19)12(9(14)15,10(16)17)7-8-5-3-2-4-6-8/h2-6H,7H2,1H3,(H,14,15)(H,16,17)(H,18,19). The first-order valence-corrected chi connectivity index (χ1v) is 5.44. The molecule has 0 radical (unpaired) electrons. The third kappa shape index (κ3) is 2.69. The highest BCUT2D eigenvalue weighted by Crippen LogP contribution is 2.23. The molecule has 1 aromatic rings. The Kier molecular flexibility index (Phi) is 4.65. The predicted octanol–water partition coefficient (Wildman–Crippen LogP) is 0.678. The van der Waals surface area contributed by atoms with Crippen molar-refractivity contribution in [3.63, 3.8) is 0 Å². The number of hydrogen-bond donors (Lipinski definition) is 3. The summed E-state index contributed by atoms with van der Waals surface area (Å²) in [6.07, 6.45) is -2.38. The van der Waals surface area contributed by atoms with E-state index in [1.807, 2.05) is 0 Å². The molecule has 3 N–H and O–H groups in total. The van der Waals surface area contributed by atoms with Gasteiger partial charge in [-0.05, 0) is 5.56 Å². The van der Waals surface area contributed by atoms with Crippen LogP contribution in [0.25, 0.3) is 0 Å². The van der Waals surface area contributed by atoms with E-state index in [4.69, 9.17) is 5.11 Å². The van der Waals surface area contributed by atoms with Gasteiger partial charge in [-0.25, -0.2) is 14.4 Å². The van der Waals surface area contributed by atoms with E-state index in [9.17, 15) is 24.6 Å². The summed E-state index contributed by atoms with van der Waals surface area (Å²) in [5, 5.41) is 27.4. The number of carbonyl (C=O) groups is 3. The number of nitrogens with zero attached hydrogens (tertiary/aromatic N) is 1. The molecule has 0 bridgehead atoms. The third-order valence-electron chi connectivity index (χ3n) is 2.71. The van der Waals surface area contributed by atoms with Gasteiger partial charge in [0.25, 0.3) is 5.54 Å². The van der Waals surface area contributed by atoms with Crippen LogP contribution in [0.3, 0.4) is 0 Å². The van der Waals surface area contributed by atoms with Crippen LogP contribution in [0.5, 0.6) is 0 Å². The molecule has 8 heteroatoms. The fourth-order valence-corrected chi connectivity index (χ4v) is 1.78. The van der Waals surface area contributed by atoms with Crippen molar-refractivity contribution in [1.82, 2.24) is 5.06 Å². The van der Waals surface area contributed by atoms with Crippen LogP contribution in [0.1, 0.15) is 5.56 Å². The molecule has 0 aromatic heterocycles. The average molecular weight is 283 g/mol. The van der Waals surface area contributed by atoms with Crippen molar-refractivity contribution >= 4 is 18.0 Å². The Morgan fingerprint density at radius 2 is 1.60 bits per heavy atom. The van der Waals surface area contributed by atoms with Crippen molar-refractivity contribution in [3.8, 4) is 0 Å². The summed E-state index contributed by atoms with van der Waals surface area (Å²) in [5.74, 6) is -3.67. The maximum atomic E-state index is 11.4. The van der Waals surface area contributed by atoms with Gasteiger partial charge in [0.2, 0.25) is 0 Å². The number of hydrogen-bond acceptors (Lipinski definition) is 4. The van der Waals surface area contributed by atoms with E-state index < -0.39 is 30.0 Å². The van der Waals surface area contributed by atoms with Gasteiger partial charge in [-0.2, -0.15) is 5.06 Å². The summed E-state index contributed by atoms with van der Waals surface area (Å²) in [6, 6.07) is 7.83. The van der Waals surface area contributed by atoms with Crippen LogP contribution in [-0.4, -0.2) is 51.1 Å². The summed E-state index contributed by atoms with van der Waals surface area (Å²) in [5.41, 5.74) is -2.41. The van der Waals surface area contributed by atoms with Crippen LogP contribution >= 0.6 is 0 Å². The third-order valence-corrected chi connectivity index (χ3v) is 2.71. The molecule has 8 nitrogen and oxygen atoms in total. The second-order valence-electron chi connectivity index (χ2n) is 3.89. The Bertz CT molecular complexity index is 500. The smallest absolute Gasteiger partial charge is 0.433 e. The fraction of sp³-hybridized carbons (Fsp3) is 0.250. The average Bonchev–Trinajstić information content (AvgIpc) is 2.38. The minimum Gasteiger partial charge on any atom is -0.479 e. The Labute approximate surface area is 113 Å². The predicted molar refractivity (Wildman–Crippen MR) is 65.0 cm³/mol. The summed E-state index contributed by atoms with van der Waals surface area (Å²) >= 11 is 0. The molecule has 0 fully saturated rings. The van der Waals surface area contributed by atoms with Gasteiger partial charge in [-0.3, -0.25) is 4.84 Å². The van der Waals surface area contributed by atoms with Crippen LogP contribution in [0.2, 0.25) is 0 Å². The molecule has 20 heavy (non-hydrogen) atoms. The normalized spacial score (nSPS) is 10.8. The van der Waals surface area contributed by atoms with E-state index in [1.54, 1.807) is 18.2 Å². The zero-order chi connectivity index (χ0) is 15.3. The molecule has 0 spiro atoms. The molecule has 0 aliphatic heterocycles. The second kappa shape index (κ2) is 6.02. The lowest BCUT2D eigenvalue weighted by Gasteiger charge is -2.32. The largest absolute Gasteiger partial charge is 0.479 e. The summed E-state index contributed by atoms with van der Waals surface area (Å²) < 4.78 is 0. The molecule has 0 aliphatic carbocycles. The Morgan fingerprint density at radius 3 is 1.95 bits per heavy atom. The zero-order valence-corrected chi connectivity index (χ0v) is 10.5. The second-order valence-corrected chi connectivity index (χ2v) is 3.89. The Balaban J connectivity index is 3.36. The fourth-order valence-electron chi connectivity index (χ4n) is 1.78. The molecular formula is C12H13NO7. The first kappa shape index (κ1) is 15.4. The Morgan fingerprint density at radius 1 is 1.10 bits per heavy atom. The number of carboxylic acid groups (broad SMARTS) is 3. The van der Waals surface area contributed by atoms with E-state index in [2.05, 4.69) is 4.84 Å². The highest BCUT2D eigenvalue weighted by molar-refractivity contribution is 6.05. The minimum absolute atomic E-state index is 0.0787. The molecule has 1 rings (SSSR count). The molecule has 1 amide bonds. The molecule has 0 unspecified atom stereocenters.